The van der Waals surface area contributed by atoms with Gasteiger partial charge in [0.05, 0.1) is 20.8 Å². The minimum Gasteiger partial charge on any atom is -0.493 e. The molecule has 2 aromatic heterocycles. The standard InChI is InChI=1S/C26H28N6O6/c1-36-20-8-14(7-16-12-30-26(28)32-24(16)27)9-21(37-2)23(20)38-22(33)13-29-19(25(34)35)11-17-10-15-5-3-4-6-18(15)31-17/h3-6,8-10,12,19,29,31H,7,11,13H2,1-2H3,(H,34,35)(H4,27,28,30,32). The van der Waals surface area contributed by atoms with Crippen LogP contribution in [0.15, 0.2) is 48.7 Å². The van der Waals surface area contributed by atoms with Gasteiger partial charge in [-0.1, -0.05) is 18.2 Å². The summed E-state index contributed by atoms with van der Waals surface area (Å²) in [5.41, 5.74) is 14.5. The molecule has 2 heterocycles. The average Bonchev–Trinajstić information content (AvgIpc) is 3.31. The number of fused-ring (bicyclic) bond motifs is 1. The summed E-state index contributed by atoms with van der Waals surface area (Å²) in [6.45, 7) is -0.357. The summed E-state index contributed by atoms with van der Waals surface area (Å²) < 4.78 is 16.4. The number of aromatic amines is 1. The largest absolute Gasteiger partial charge is 0.493 e. The van der Waals surface area contributed by atoms with Crippen LogP contribution in [-0.4, -0.2) is 58.8 Å². The Morgan fingerprint density at radius 3 is 2.45 bits per heavy atom. The number of aromatic nitrogens is 3. The summed E-state index contributed by atoms with van der Waals surface area (Å²) in [6.07, 6.45) is 2.03. The number of nitrogens with zero attached hydrogens (tertiary/aromatic N) is 2. The average molecular weight is 521 g/mol. The van der Waals surface area contributed by atoms with E-state index in [9.17, 15) is 14.7 Å². The normalized spacial score (nSPS) is 11.7. The Labute approximate surface area is 217 Å². The Kier molecular flexibility index (Phi) is 7.92. The third-order valence-electron chi connectivity index (χ3n) is 5.85. The van der Waals surface area contributed by atoms with Gasteiger partial charge in [0, 0.05) is 35.8 Å². The molecule has 0 bridgehead atoms. The third kappa shape index (κ3) is 6.10. The van der Waals surface area contributed by atoms with E-state index in [4.69, 9.17) is 25.7 Å². The van der Waals surface area contributed by atoms with Crippen LogP contribution in [0.3, 0.4) is 0 Å². The quantitative estimate of drug-likeness (QED) is 0.144. The second kappa shape index (κ2) is 11.5. The molecule has 0 aliphatic heterocycles. The second-order valence-electron chi connectivity index (χ2n) is 8.48. The van der Waals surface area contributed by atoms with E-state index < -0.39 is 18.0 Å². The molecule has 0 aliphatic rings. The first-order valence-corrected chi connectivity index (χ1v) is 11.6. The molecule has 4 aromatic rings. The Morgan fingerprint density at radius 1 is 1.11 bits per heavy atom. The SMILES string of the molecule is COc1cc(Cc2cnc(N)nc2N)cc(OC)c1OC(=O)CNC(Cc1cc2ccccc2[nH]1)C(=O)O. The predicted octanol–water partition coefficient (Wildman–Crippen LogP) is 1.92. The number of hydrogen-bond acceptors (Lipinski definition) is 10. The van der Waals surface area contributed by atoms with Crippen molar-refractivity contribution >= 4 is 34.6 Å². The molecule has 1 unspecified atom stereocenters. The summed E-state index contributed by atoms with van der Waals surface area (Å²) in [7, 11) is 2.85. The summed E-state index contributed by atoms with van der Waals surface area (Å²) in [6, 6.07) is 11.8. The lowest BCUT2D eigenvalue weighted by molar-refractivity contribution is -0.140. The number of nitrogens with two attached hydrogens (primary N) is 2. The molecule has 0 aliphatic carbocycles. The van der Waals surface area contributed by atoms with E-state index in [0.717, 1.165) is 22.2 Å². The monoisotopic (exact) mass is 520 g/mol. The molecule has 7 N–H and O–H groups in total. The second-order valence-corrected chi connectivity index (χ2v) is 8.48. The molecule has 2 aromatic carbocycles. The number of carboxylic acids is 1. The maximum absolute atomic E-state index is 12.7. The molecule has 12 heteroatoms. The van der Waals surface area contributed by atoms with Gasteiger partial charge in [0.25, 0.3) is 0 Å². The number of nitrogen functional groups attached to an aromatic ring is 2. The number of methoxy groups -OCH3 is 2. The molecule has 198 valence electrons. The predicted molar refractivity (Wildman–Crippen MR) is 140 cm³/mol. The van der Waals surface area contributed by atoms with Gasteiger partial charge in [0.2, 0.25) is 11.7 Å². The van der Waals surface area contributed by atoms with Crippen molar-refractivity contribution in [3.05, 3.63) is 65.5 Å². The molecule has 0 radical (unpaired) electrons. The van der Waals surface area contributed by atoms with Crippen molar-refractivity contribution in [2.45, 2.75) is 18.9 Å². The molecule has 4 rings (SSSR count). The van der Waals surface area contributed by atoms with Crippen LogP contribution in [-0.2, 0) is 22.4 Å². The maximum Gasteiger partial charge on any atom is 0.325 e. The Bertz CT molecular complexity index is 1410. The first-order valence-electron chi connectivity index (χ1n) is 11.6. The van der Waals surface area contributed by atoms with E-state index in [0.29, 0.717) is 12.0 Å². The van der Waals surface area contributed by atoms with Crippen LogP contribution in [0.25, 0.3) is 10.9 Å². The fourth-order valence-electron chi connectivity index (χ4n) is 3.99. The smallest absolute Gasteiger partial charge is 0.325 e. The van der Waals surface area contributed by atoms with Gasteiger partial charge in [-0.3, -0.25) is 14.9 Å². The first kappa shape index (κ1) is 26.2. The Morgan fingerprint density at radius 2 is 1.82 bits per heavy atom. The van der Waals surface area contributed by atoms with E-state index in [-0.39, 0.29) is 42.0 Å². The summed E-state index contributed by atoms with van der Waals surface area (Å²) in [5.74, 6) is -0.933. The molecule has 0 fully saturated rings. The fourth-order valence-corrected chi connectivity index (χ4v) is 3.99. The van der Waals surface area contributed by atoms with Gasteiger partial charge in [-0.25, -0.2) is 4.98 Å². The highest BCUT2D eigenvalue weighted by Gasteiger charge is 2.23. The molecule has 1 atom stereocenters. The van der Waals surface area contributed by atoms with Gasteiger partial charge in [-0.2, -0.15) is 4.98 Å². The molecule has 0 saturated heterocycles. The molecule has 0 amide bonds. The number of ether oxygens (including phenoxy) is 3. The van der Waals surface area contributed by atoms with Crippen LogP contribution in [0.5, 0.6) is 17.2 Å². The number of aliphatic carboxylic acids is 1. The van der Waals surface area contributed by atoms with Crippen LogP contribution in [0.1, 0.15) is 16.8 Å². The molecule has 38 heavy (non-hydrogen) atoms. The highest BCUT2D eigenvalue weighted by Crippen LogP contribution is 2.39. The topological polar surface area (TPSA) is 188 Å². The van der Waals surface area contributed by atoms with E-state index in [2.05, 4.69) is 20.3 Å². The Hall–Kier alpha value is -4.84. The highest BCUT2D eigenvalue weighted by molar-refractivity contribution is 5.81. The minimum atomic E-state index is -1.10. The highest BCUT2D eigenvalue weighted by atomic mass is 16.6. The fraction of sp³-hybridized carbons (Fsp3) is 0.231. The number of esters is 1. The number of anilines is 2. The van der Waals surface area contributed by atoms with Crippen LogP contribution in [0, 0.1) is 0 Å². The van der Waals surface area contributed by atoms with Crippen molar-refractivity contribution in [3.8, 4) is 17.2 Å². The number of para-hydroxylation sites is 1. The van der Waals surface area contributed by atoms with Crippen molar-refractivity contribution < 1.29 is 28.9 Å². The van der Waals surface area contributed by atoms with Crippen molar-refractivity contribution in [2.24, 2.45) is 0 Å². The van der Waals surface area contributed by atoms with Gasteiger partial charge < -0.3 is 35.8 Å². The van der Waals surface area contributed by atoms with E-state index in [1.165, 1.54) is 20.4 Å². The summed E-state index contributed by atoms with van der Waals surface area (Å²) in [5, 5.41) is 13.4. The van der Waals surface area contributed by atoms with Crippen molar-refractivity contribution in [1.82, 2.24) is 20.3 Å². The number of rotatable bonds is 11. The lowest BCUT2D eigenvalue weighted by Crippen LogP contribution is -2.42. The van der Waals surface area contributed by atoms with Crippen molar-refractivity contribution in [3.63, 3.8) is 0 Å². The van der Waals surface area contributed by atoms with Crippen LogP contribution >= 0.6 is 0 Å². The van der Waals surface area contributed by atoms with Crippen LogP contribution < -0.4 is 31.0 Å². The number of hydrogen-bond donors (Lipinski definition) is 5. The zero-order valence-corrected chi connectivity index (χ0v) is 20.9. The van der Waals surface area contributed by atoms with Gasteiger partial charge in [-0.05, 0) is 35.2 Å². The van der Waals surface area contributed by atoms with Crippen LogP contribution in [0.4, 0.5) is 11.8 Å². The lowest BCUT2D eigenvalue weighted by atomic mass is 10.1. The van der Waals surface area contributed by atoms with Gasteiger partial charge in [-0.15, -0.1) is 0 Å². The van der Waals surface area contributed by atoms with Gasteiger partial charge in [0.1, 0.15) is 11.9 Å². The lowest BCUT2D eigenvalue weighted by Gasteiger charge is -2.17. The molecule has 0 saturated carbocycles. The van der Waals surface area contributed by atoms with E-state index in [1.807, 2.05) is 30.3 Å². The number of benzene rings is 2. The third-order valence-corrected chi connectivity index (χ3v) is 5.85. The maximum atomic E-state index is 12.7. The number of carbonyl (C=O) groups excluding carboxylic acids is 1. The van der Waals surface area contributed by atoms with Crippen molar-refractivity contribution in [1.29, 1.82) is 0 Å². The van der Waals surface area contributed by atoms with E-state index in [1.54, 1.807) is 12.1 Å². The van der Waals surface area contributed by atoms with E-state index >= 15 is 0 Å². The van der Waals surface area contributed by atoms with Gasteiger partial charge >= 0.3 is 11.9 Å². The molecular formula is C26H28N6O6. The number of nitrogens with one attached hydrogen (secondary N) is 2. The zero-order chi connectivity index (χ0) is 27.2. The molecule has 0 spiro atoms. The first-order chi connectivity index (χ1) is 18.3. The number of carboxylic acid groups (broad SMARTS) is 1. The molecule has 12 nitrogen and oxygen atoms in total. The summed E-state index contributed by atoms with van der Waals surface area (Å²) in [4.78, 5) is 35.6. The zero-order valence-electron chi connectivity index (χ0n) is 20.9. The number of carbonyl (C=O) groups is 2. The van der Waals surface area contributed by atoms with Crippen LogP contribution in [0.2, 0.25) is 0 Å². The number of H-pyrrole nitrogens is 1. The minimum absolute atomic E-state index is 0.0644. The molecular weight excluding hydrogens is 492 g/mol. The van der Waals surface area contributed by atoms with Crippen molar-refractivity contribution in [2.75, 3.05) is 32.2 Å². The Balaban J connectivity index is 1.45. The van der Waals surface area contributed by atoms with Gasteiger partial charge in [0.15, 0.2) is 11.5 Å². The summed E-state index contributed by atoms with van der Waals surface area (Å²) >= 11 is 0.